The van der Waals surface area contributed by atoms with E-state index in [-0.39, 0.29) is 11.9 Å². The lowest BCUT2D eigenvalue weighted by atomic mass is 10.2. The third-order valence-electron chi connectivity index (χ3n) is 2.03. The predicted molar refractivity (Wildman–Crippen MR) is 57.8 cm³/mol. The Labute approximate surface area is 89.0 Å². The molecule has 0 aliphatic carbocycles. The van der Waals surface area contributed by atoms with Crippen LogP contribution in [0.4, 0.5) is 0 Å². The van der Waals surface area contributed by atoms with Crippen molar-refractivity contribution < 1.29 is 14.6 Å². The second-order valence-corrected chi connectivity index (χ2v) is 3.13. The zero-order chi connectivity index (χ0) is 11.3. The number of carbonyl (C=O) groups excluding carboxylic acids is 1. The molecule has 3 heteroatoms. The molecule has 0 aliphatic rings. The van der Waals surface area contributed by atoms with Crippen molar-refractivity contribution in [1.29, 1.82) is 0 Å². The summed E-state index contributed by atoms with van der Waals surface area (Å²) < 4.78 is 5.14. The van der Waals surface area contributed by atoms with Gasteiger partial charge in [0.2, 0.25) is 0 Å². The summed E-state index contributed by atoms with van der Waals surface area (Å²) in [6.07, 6.45) is 2.04. The minimum absolute atomic E-state index is 0.127. The van der Waals surface area contributed by atoms with E-state index in [4.69, 9.17) is 9.84 Å². The van der Waals surface area contributed by atoms with Crippen LogP contribution >= 0.6 is 0 Å². The highest BCUT2D eigenvalue weighted by Gasteiger charge is 2.11. The first-order chi connectivity index (χ1) is 7.17. The summed E-state index contributed by atoms with van der Waals surface area (Å²) in [5, 5.41) is 9.04. The Hall–Kier alpha value is -1.77. The standard InChI is InChI=1S/C12H14O3/c1-3-11(4-2)15-12(14)9-5-7-10(13)8-6-9/h3,5-8,11,13H,1,4H2,2H3. The lowest BCUT2D eigenvalue weighted by molar-refractivity contribution is 0.0389. The Morgan fingerprint density at radius 3 is 2.60 bits per heavy atom. The molecule has 0 amide bonds. The van der Waals surface area contributed by atoms with Crippen LogP contribution in [0, 0.1) is 0 Å². The molecule has 0 radical (unpaired) electrons. The van der Waals surface area contributed by atoms with E-state index in [1.54, 1.807) is 6.08 Å². The van der Waals surface area contributed by atoms with Crippen molar-refractivity contribution in [2.45, 2.75) is 19.4 Å². The van der Waals surface area contributed by atoms with Crippen molar-refractivity contribution in [2.75, 3.05) is 0 Å². The average molecular weight is 206 g/mol. The van der Waals surface area contributed by atoms with Gasteiger partial charge in [0.25, 0.3) is 0 Å². The van der Waals surface area contributed by atoms with Gasteiger partial charge in [-0.1, -0.05) is 19.6 Å². The Bertz CT molecular complexity index is 340. The summed E-state index contributed by atoms with van der Waals surface area (Å²) in [4.78, 5) is 11.5. The first kappa shape index (κ1) is 11.3. The molecule has 15 heavy (non-hydrogen) atoms. The molecule has 0 bridgehead atoms. The van der Waals surface area contributed by atoms with E-state index < -0.39 is 5.97 Å². The topological polar surface area (TPSA) is 46.5 Å². The Balaban J connectivity index is 2.68. The van der Waals surface area contributed by atoms with Crippen LogP contribution < -0.4 is 0 Å². The number of ether oxygens (including phenoxy) is 1. The van der Waals surface area contributed by atoms with Crippen molar-refractivity contribution in [2.24, 2.45) is 0 Å². The van der Waals surface area contributed by atoms with Crippen molar-refractivity contribution in [3.63, 3.8) is 0 Å². The van der Waals surface area contributed by atoms with Crippen molar-refractivity contribution in [1.82, 2.24) is 0 Å². The third-order valence-corrected chi connectivity index (χ3v) is 2.03. The SMILES string of the molecule is C=CC(CC)OC(=O)c1ccc(O)cc1. The third kappa shape index (κ3) is 3.13. The van der Waals surface area contributed by atoms with Gasteiger partial charge in [-0.25, -0.2) is 4.79 Å². The second kappa shape index (κ2) is 5.20. The van der Waals surface area contributed by atoms with Gasteiger partial charge in [-0.05, 0) is 30.7 Å². The van der Waals surface area contributed by atoms with Crippen LogP contribution in [-0.2, 0) is 4.74 Å². The van der Waals surface area contributed by atoms with Gasteiger partial charge in [-0.3, -0.25) is 0 Å². The van der Waals surface area contributed by atoms with E-state index in [2.05, 4.69) is 6.58 Å². The van der Waals surface area contributed by atoms with Gasteiger partial charge in [-0.15, -0.1) is 0 Å². The Morgan fingerprint density at radius 2 is 2.13 bits per heavy atom. The van der Waals surface area contributed by atoms with Gasteiger partial charge < -0.3 is 9.84 Å². The van der Waals surface area contributed by atoms with Gasteiger partial charge >= 0.3 is 5.97 Å². The van der Waals surface area contributed by atoms with Gasteiger partial charge in [0, 0.05) is 0 Å². The van der Waals surface area contributed by atoms with E-state index in [1.807, 2.05) is 6.92 Å². The first-order valence-electron chi connectivity index (χ1n) is 4.80. The largest absolute Gasteiger partial charge is 0.508 e. The highest BCUT2D eigenvalue weighted by Crippen LogP contribution is 2.12. The minimum atomic E-state index is -0.401. The summed E-state index contributed by atoms with van der Waals surface area (Å²) in [6, 6.07) is 5.94. The smallest absolute Gasteiger partial charge is 0.338 e. The number of phenols is 1. The first-order valence-corrected chi connectivity index (χ1v) is 4.80. The maximum Gasteiger partial charge on any atom is 0.338 e. The van der Waals surface area contributed by atoms with Crippen molar-refractivity contribution in [3.05, 3.63) is 42.5 Å². The Morgan fingerprint density at radius 1 is 1.53 bits per heavy atom. The quantitative estimate of drug-likeness (QED) is 0.608. The molecule has 0 heterocycles. The number of benzene rings is 1. The summed E-state index contributed by atoms with van der Waals surface area (Å²) in [5.74, 6) is -0.274. The average Bonchev–Trinajstić information content (AvgIpc) is 2.26. The van der Waals surface area contributed by atoms with Crippen LogP contribution in [0.25, 0.3) is 0 Å². The minimum Gasteiger partial charge on any atom is -0.508 e. The van der Waals surface area contributed by atoms with Crippen LogP contribution in [0.15, 0.2) is 36.9 Å². The molecule has 1 aromatic carbocycles. The molecule has 0 saturated carbocycles. The molecular weight excluding hydrogens is 192 g/mol. The maximum absolute atomic E-state index is 11.5. The van der Waals surface area contributed by atoms with E-state index in [9.17, 15) is 4.79 Å². The fraction of sp³-hybridized carbons (Fsp3) is 0.250. The Kier molecular flexibility index (Phi) is 3.92. The zero-order valence-electron chi connectivity index (χ0n) is 8.64. The highest BCUT2D eigenvalue weighted by atomic mass is 16.5. The van der Waals surface area contributed by atoms with Crippen LogP contribution in [-0.4, -0.2) is 17.2 Å². The summed E-state index contributed by atoms with van der Waals surface area (Å²) in [7, 11) is 0. The van der Waals surface area contributed by atoms with Gasteiger partial charge in [0.1, 0.15) is 11.9 Å². The molecule has 80 valence electrons. The normalized spacial score (nSPS) is 11.8. The lowest BCUT2D eigenvalue weighted by Gasteiger charge is -2.11. The number of phenolic OH excluding ortho intramolecular Hbond substituents is 1. The van der Waals surface area contributed by atoms with Crippen LogP contribution in [0.1, 0.15) is 23.7 Å². The number of carbonyl (C=O) groups is 1. The molecule has 3 nitrogen and oxygen atoms in total. The molecule has 1 unspecified atom stereocenters. The molecule has 0 fully saturated rings. The number of aromatic hydroxyl groups is 1. The van der Waals surface area contributed by atoms with Gasteiger partial charge in [0.15, 0.2) is 0 Å². The number of hydrogen-bond donors (Lipinski definition) is 1. The maximum atomic E-state index is 11.5. The molecule has 0 spiro atoms. The molecule has 1 rings (SSSR count). The molecule has 1 atom stereocenters. The number of hydrogen-bond acceptors (Lipinski definition) is 3. The molecule has 0 saturated heterocycles. The second-order valence-electron chi connectivity index (χ2n) is 3.13. The van der Waals surface area contributed by atoms with E-state index in [1.165, 1.54) is 24.3 Å². The van der Waals surface area contributed by atoms with Crippen LogP contribution in [0.5, 0.6) is 5.75 Å². The number of rotatable bonds is 4. The van der Waals surface area contributed by atoms with E-state index in [0.717, 1.165) is 0 Å². The van der Waals surface area contributed by atoms with E-state index in [0.29, 0.717) is 12.0 Å². The monoisotopic (exact) mass is 206 g/mol. The molecule has 1 N–H and O–H groups in total. The molecule has 0 aromatic heterocycles. The lowest BCUT2D eigenvalue weighted by Crippen LogP contribution is -2.14. The predicted octanol–water partition coefficient (Wildman–Crippen LogP) is 2.51. The zero-order valence-corrected chi connectivity index (χ0v) is 8.64. The van der Waals surface area contributed by atoms with Gasteiger partial charge in [0.05, 0.1) is 5.56 Å². The van der Waals surface area contributed by atoms with Crippen molar-refractivity contribution in [3.8, 4) is 5.75 Å². The summed E-state index contributed by atoms with van der Waals surface area (Å²) in [6.45, 7) is 5.49. The summed E-state index contributed by atoms with van der Waals surface area (Å²) in [5.41, 5.74) is 0.424. The fourth-order valence-corrected chi connectivity index (χ4v) is 1.10. The number of esters is 1. The van der Waals surface area contributed by atoms with Crippen molar-refractivity contribution >= 4 is 5.97 Å². The van der Waals surface area contributed by atoms with Crippen LogP contribution in [0.3, 0.4) is 0 Å². The molecular formula is C12H14O3. The summed E-state index contributed by atoms with van der Waals surface area (Å²) >= 11 is 0. The van der Waals surface area contributed by atoms with E-state index >= 15 is 0 Å². The molecule has 1 aromatic rings. The highest BCUT2D eigenvalue weighted by molar-refractivity contribution is 5.89. The molecule has 0 aliphatic heterocycles. The van der Waals surface area contributed by atoms with Gasteiger partial charge in [-0.2, -0.15) is 0 Å². The fourth-order valence-electron chi connectivity index (χ4n) is 1.10. The van der Waals surface area contributed by atoms with Crippen LogP contribution in [0.2, 0.25) is 0 Å².